The van der Waals surface area contributed by atoms with Crippen molar-refractivity contribution in [2.24, 2.45) is 28.7 Å². The monoisotopic (exact) mass is 625 g/mol. The van der Waals surface area contributed by atoms with Gasteiger partial charge in [-0.25, -0.2) is 0 Å². The van der Waals surface area contributed by atoms with Crippen LogP contribution in [-0.4, -0.2) is 161 Å². The van der Waals surface area contributed by atoms with E-state index < -0.39 is 111 Å². The van der Waals surface area contributed by atoms with Gasteiger partial charge in [0.1, 0.15) is 24.4 Å². The molecule has 3 fully saturated rings. The molecular weight excluding hydrogens is 574 g/mol. The fourth-order valence-corrected chi connectivity index (χ4v) is 5.68. The van der Waals surface area contributed by atoms with Crippen LogP contribution in [0.1, 0.15) is 25.7 Å². The lowest BCUT2D eigenvalue weighted by Gasteiger charge is -2.50. The van der Waals surface area contributed by atoms with Crippen LogP contribution in [0.2, 0.25) is 0 Å². The first-order valence-electron chi connectivity index (χ1n) is 14.7. The molecule has 43 heavy (non-hydrogen) atoms. The first-order valence-corrected chi connectivity index (χ1v) is 14.7. The van der Waals surface area contributed by atoms with Gasteiger partial charge in [0, 0.05) is 12.6 Å². The highest BCUT2D eigenvalue weighted by Crippen LogP contribution is 2.32. The maximum absolute atomic E-state index is 12.9. The summed E-state index contributed by atoms with van der Waals surface area (Å²) in [4.78, 5) is 12.9. The van der Waals surface area contributed by atoms with Gasteiger partial charge < -0.3 is 88.9 Å². The molecule has 0 spiro atoms. The SMILES string of the molecule is NCC[C@H](O)C(=O)N[C@@H]1C[C@H](N)C(O[C@H]2O[C@H](CN)CCC2N)C(NC(CO)CO)[C@H]1O[C@H]1OC(CO)[C@@H](O)[C@H](N)C1O. The summed E-state index contributed by atoms with van der Waals surface area (Å²) < 4.78 is 24.2. The molecule has 1 saturated carbocycles. The van der Waals surface area contributed by atoms with Crippen molar-refractivity contribution in [3.8, 4) is 0 Å². The van der Waals surface area contributed by atoms with Gasteiger partial charge in [0.05, 0.1) is 68.3 Å². The van der Waals surface area contributed by atoms with Crippen LogP contribution in [0.3, 0.4) is 0 Å². The van der Waals surface area contributed by atoms with Crippen molar-refractivity contribution < 1.29 is 54.4 Å². The molecule has 3 rings (SSSR count). The van der Waals surface area contributed by atoms with Crippen molar-refractivity contribution in [1.29, 1.82) is 0 Å². The molecule has 18 heteroatoms. The van der Waals surface area contributed by atoms with Crippen LogP contribution in [0.15, 0.2) is 0 Å². The van der Waals surface area contributed by atoms with Crippen molar-refractivity contribution in [3.05, 3.63) is 0 Å². The lowest BCUT2D eigenvalue weighted by molar-refractivity contribution is -0.303. The van der Waals surface area contributed by atoms with Crippen LogP contribution < -0.4 is 39.3 Å². The smallest absolute Gasteiger partial charge is 0.249 e. The van der Waals surface area contributed by atoms with Crippen LogP contribution in [0, 0.1) is 0 Å². The summed E-state index contributed by atoms with van der Waals surface area (Å²) in [5.41, 5.74) is 30.2. The fraction of sp³-hybridized carbons (Fsp3) is 0.960. The summed E-state index contributed by atoms with van der Waals surface area (Å²) >= 11 is 0. The summed E-state index contributed by atoms with van der Waals surface area (Å²) in [5.74, 6) is -0.760. The van der Waals surface area contributed by atoms with Gasteiger partial charge in [-0.05, 0) is 32.2 Å². The molecule has 0 aromatic carbocycles. The third-order valence-electron chi connectivity index (χ3n) is 8.27. The predicted octanol–water partition coefficient (Wildman–Crippen LogP) is -7.45. The molecule has 0 aromatic heterocycles. The van der Waals surface area contributed by atoms with E-state index in [1.54, 1.807) is 0 Å². The maximum Gasteiger partial charge on any atom is 0.249 e. The maximum atomic E-state index is 12.9. The summed E-state index contributed by atoms with van der Waals surface area (Å²) in [6, 6.07) is -5.48. The highest BCUT2D eigenvalue weighted by molar-refractivity contribution is 5.80. The molecule has 18 N–H and O–H groups in total. The Morgan fingerprint density at radius 2 is 1.60 bits per heavy atom. The largest absolute Gasteiger partial charge is 0.395 e. The second kappa shape index (κ2) is 16.9. The van der Waals surface area contributed by atoms with Crippen molar-refractivity contribution in [1.82, 2.24) is 10.6 Å². The van der Waals surface area contributed by atoms with E-state index in [0.717, 1.165) is 0 Å². The van der Waals surface area contributed by atoms with E-state index in [1.165, 1.54) is 0 Å². The Morgan fingerprint density at radius 3 is 2.21 bits per heavy atom. The number of carbonyl (C=O) groups is 1. The average Bonchev–Trinajstić information content (AvgIpc) is 2.99. The number of aliphatic hydroxyl groups is 6. The van der Waals surface area contributed by atoms with Crippen LogP contribution in [0.25, 0.3) is 0 Å². The number of carbonyl (C=O) groups excluding carboxylic acids is 1. The number of ether oxygens (including phenoxy) is 4. The van der Waals surface area contributed by atoms with Gasteiger partial charge in [0.2, 0.25) is 5.91 Å². The minimum absolute atomic E-state index is 0.0186. The molecule has 2 heterocycles. The van der Waals surface area contributed by atoms with Gasteiger partial charge >= 0.3 is 0 Å². The molecule has 0 aromatic rings. The van der Waals surface area contributed by atoms with Gasteiger partial charge in [-0.2, -0.15) is 0 Å². The van der Waals surface area contributed by atoms with Gasteiger partial charge in [0.15, 0.2) is 12.6 Å². The summed E-state index contributed by atoms with van der Waals surface area (Å²) in [6.07, 6.45) is -9.29. The third kappa shape index (κ3) is 8.97. The van der Waals surface area contributed by atoms with Crippen LogP contribution in [0.4, 0.5) is 0 Å². The van der Waals surface area contributed by atoms with Crippen molar-refractivity contribution in [2.75, 3.05) is 32.9 Å². The number of nitrogens with one attached hydrogen (secondary N) is 2. The molecule has 0 bridgehead atoms. The number of nitrogens with two attached hydrogens (primary N) is 5. The minimum atomic E-state index is -1.57. The Bertz CT molecular complexity index is 847. The minimum Gasteiger partial charge on any atom is -0.395 e. The van der Waals surface area contributed by atoms with Crippen molar-refractivity contribution >= 4 is 5.91 Å². The quantitative estimate of drug-likeness (QED) is 0.0852. The second-order valence-corrected chi connectivity index (χ2v) is 11.5. The Balaban J connectivity index is 1.99. The van der Waals surface area contributed by atoms with Crippen LogP contribution >= 0.6 is 0 Å². The first kappa shape index (κ1) is 36.3. The number of hydrogen-bond donors (Lipinski definition) is 13. The zero-order chi connectivity index (χ0) is 31.8. The molecule has 2 saturated heterocycles. The highest BCUT2D eigenvalue weighted by atomic mass is 16.7. The molecule has 0 radical (unpaired) electrons. The first-order chi connectivity index (χ1) is 20.5. The molecule has 5 unspecified atom stereocenters. The average molecular weight is 626 g/mol. The molecular formula is C25H51N7O11. The predicted molar refractivity (Wildman–Crippen MR) is 149 cm³/mol. The number of aliphatic hydroxyl groups excluding tert-OH is 6. The van der Waals surface area contributed by atoms with E-state index in [2.05, 4.69) is 10.6 Å². The summed E-state index contributed by atoms with van der Waals surface area (Å²) in [6.45, 7) is -1.36. The molecule has 18 nitrogen and oxygen atoms in total. The summed E-state index contributed by atoms with van der Waals surface area (Å²) in [7, 11) is 0. The number of rotatable bonds is 14. The topological polar surface area (TPSA) is 330 Å². The molecule has 1 amide bonds. The molecule has 2 aliphatic heterocycles. The van der Waals surface area contributed by atoms with Crippen molar-refractivity contribution in [2.45, 2.75) is 117 Å². The molecule has 252 valence electrons. The Morgan fingerprint density at radius 1 is 0.930 bits per heavy atom. The molecule has 14 atom stereocenters. The van der Waals surface area contributed by atoms with Gasteiger partial charge in [-0.15, -0.1) is 0 Å². The number of amides is 1. The zero-order valence-corrected chi connectivity index (χ0v) is 24.1. The van der Waals surface area contributed by atoms with E-state index in [4.69, 9.17) is 47.6 Å². The normalized spacial score (nSPS) is 41.3. The Hall–Kier alpha value is -1.17. The Kier molecular flexibility index (Phi) is 14.3. The standard InChI is InChI=1S/C25H51N7O11/c26-4-3-15(36)23(39)32-14-5-13(29)21(42-24-12(28)2-1-11(6-27)40-24)18(31-10(7-33)8-34)22(14)43-25-20(38)17(30)19(37)16(9-35)41-25/h10-22,24-25,31,33-38H,1-9,26-30H2,(H,32,39)/t11-,12?,13-,14+,15-,16?,17-,18?,19+,20?,21?,22-,24+,25+/m0/s1. The van der Waals surface area contributed by atoms with E-state index in [0.29, 0.717) is 12.8 Å². The van der Waals surface area contributed by atoms with E-state index in [1.807, 2.05) is 0 Å². The number of hydrogen-bond acceptors (Lipinski definition) is 17. The molecule has 1 aliphatic carbocycles. The van der Waals surface area contributed by atoms with Crippen LogP contribution in [-0.2, 0) is 23.7 Å². The van der Waals surface area contributed by atoms with Crippen LogP contribution in [0.5, 0.6) is 0 Å². The Labute approximate surface area is 250 Å². The van der Waals surface area contributed by atoms with Crippen molar-refractivity contribution in [3.63, 3.8) is 0 Å². The fourth-order valence-electron chi connectivity index (χ4n) is 5.68. The molecule has 3 aliphatic rings. The highest BCUT2D eigenvalue weighted by Gasteiger charge is 2.52. The zero-order valence-electron chi connectivity index (χ0n) is 24.1. The lowest BCUT2D eigenvalue weighted by atomic mass is 9.81. The summed E-state index contributed by atoms with van der Waals surface area (Å²) in [5, 5.41) is 66.8. The lowest BCUT2D eigenvalue weighted by Crippen LogP contribution is -2.72. The van der Waals surface area contributed by atoms with E-state index in [-0.39, 0.29) is 32.0 Å². The second-order valence-electron chi connectivity index (χ2n) is 11.5. The van der Waals surface area contributed by atoms with Gasteiger partial charge in [-0.1, -0.05) is 0 Å². The van der Waals surface area contributed by atoms with E-state index in [9.17, 15) is 35.4 Å². The van der Waals surface area contributed by atoms with E-state index >= 15 is 0 Å². The van der Waals surface area contributed by atoms with Gasteiger partial charge in [-0.3, -0.25) is 4.79 Å². The van der Waals surface area contributed by atoms with Gasteiger partial charge in [0.25, 0.3) is 0 Å². The third-order valence-corrected chi connectivity index (χ3v) is 8.27.